The summed E-state index contributed by atoms with van der Waals surface area (Å²) in [5.74, 6) is 1.63. The molecular weight excluding hydrogens is 497 g/mol. The summed E-state index contributed by atoms with van der Waals surface area (Å²) in [6, 6.07) is 11.9. The van der Waals surface area contributed by atoms with E-state index in [0.29, 0.717) is 19.0 Å². The molecule has 1 heterocycles. The molecule has 1 aromatic heterocycles. The van der Waals surface area contributed by atoms with Gasteiger partial charge in [-0.15, -0.1) is 24.0 Å². The summed E-state index contributed by atoms with van der Waals surface area (Å²) in [7, 11) is 0. The van der Waals surface area contributed by atoms with Gasteiger partial charge in [0.05, 0.1) is 25.5 Å². The molecule has 0 fully saturated rings. The lowest BCUT2D eigenvalue weighted by Crippen LogP contribution is -2.45. The molecule has 0 saturated carbocycles. The Morgan fingerprint density at radius 1 is 1.28 bits per heavy atom. The molecule has 2 aromatic rings. The maximum Gasteiger partial charge on any atom is 0.191 e. The van der Waals surface area contributed by atoms with Crippen molar-refractivity contribution in [2.45, 2.75) is 32.4 Å². The molecular formula is C18H25BrIN3O2. The lowest BCUT2D eigenvalue weighted by Gasteiger charge is -2.18. The highest BCUT2D eigenvalue weighted by atomic mass is 127. The van der Waals surface area contributed by atoms with Crippen molar-refractivity contribution in [2.75, 3.05) is 13.2 Å². The second-order valence-electron chi connectivity index (χ2n) is 5.48. The third kappa shape index (κ3) is 8.24. The van der Waals surface area contributed by atoms with E-state index in [1.807, 2.05) is 43.3 Å². The Balaban J connectivity index is 0.00000312. The number of aliphatic imine (C=N–C) groups is 1. The molecule has 0 aliphatic carbocycles. The first-order valence-corrected chi connectivity index (χ1v) is 8.93. The van der Waals surface area contributed by atoms with E-state index < -0.39 is 0 Å². The number of furan rings is 1. The molecule has 0 unspecified atom stereocenters. The van der Waals surface area contributed by atoms with E-state index in [9.17, 15) is 5.11 Å². The fraction of sp³-hybridized carbons (Fsp3) is 0.389. The minimum atomic E-state index is -0.00946. The fourth-order valence-electron chi connectivity index (χ4n) is 2.14. The van der Waals surface area contributed by atoms with Gasteiger partial charge in [0.15, 0.2) is 5.96 Å². The highest BCUT2D eigenvalue weighted by Gasteiger charge is 2.07. The van der Waals surface area contributed by atoms with Crippen LogP contribution in [0.5, 0.6) is 0 Å². The number of halogens is 2. The molecule has 3 N–H and O–H groups in total. The van der Waals surface area contributed by atoms with Crippen LogP contribution in [0.1, 0.15) is 24.7 Å². The SMILES string of the molecule is CC[C@H](CO)NC(=NCc1ccc(Br)cc1)NCCc1ccco1.I. The van der Waals surface area contributed by atoms with E-state index in [-0.39, 0.29) is 36.6 Å². The second kappa shape index (κ2) is 12.3. The van der Waals surface area contributed by atoms with Gasteiger partial charge in [-0.05, 0) is 36.2 Å². The van der Waals surface area contributed by atoms with Crippen molar-refractivity contribution in [1.82, 2.24) is 10.6 Å². The van der Waals surface area contributed by atoms with Crippen molar-refractivity contribution in [3.8, 4) is 0 Å². The molecule has 0 radical (unpaired) electrons. The number of nitrogens with zero attached hydrogens (tertiary/aromatic N) is 1. The Hall–Kier alpha value is -1.06. The van der Waals surface area contributed by atoms with Crippen molar-refractivity contribution < 1.29 is 9.52 Å². The molecule has 0 aliphatic heterocycles. The standard InChI is InChI=1S/C18H24BrN3O2.HI/c1-2-16(13-23)22-18(20-10-9-17-4-3-11-24-17)21-12-14-5-7-15(19)8-6-14;/h3-8,11,16,23H,2,9-10,12-13H2,1H3,(H2,20,21,22);1H/t16-;/m1./s1. The lowest BCUT2D eigenvalue weighted by molar-refractivity contribution is 0.251. The molecule has 0 amide bonds. The molecule has 138 valence electrons. The number of benzene rings is 1. The van der Waals surface area contributed by atoms with E-state index >= 15 is 0 Å². The van der Waals surface area contributed by atoms with Crippen LogP contribution in [0.3, 0.4) is 0 Å². The first kappa shape index (κ1) is 22.0. The molecule has 7 heteroatoms. The minimum absolute atomic E-state index is 0. The summed E-state index contributed by atoms with van der Waals surface area (Å²) in [5, 5.41) is 16.0. The smallest absolute Gasteiger partial charge is 0.191 e. The number of aliphatic hydroxyl groups excluding tert-OH is 1. The predicted octanol–water partition coefficient (Wildman–Crippen LogP) is 3.71. The molecule has 0 bridgehead atoms. The maximum absolute atomic E-state index is 9.40. The molecule has 5 nitrogen and oxygen atoms in total. The van der Waals surface area contributed by atoms with Crippen LogP contribution in [0.15, 0.2) is 56.5 Å². The van der Waals surface area contributed by atoms with Gasteiger partial charge in [-0.1, -0.05) is 35.0 Å². The van der Waals surface area contributed by atoms with Gasteiger partial charge in [0.2, 0.25) is 0 Å². The van der Waals surface area contributed by atoms with Gasteiger partial charge in [0.25, 0.3) is 0 Å². The number of aliphatic hydroxyl groups is 1. The Labute approximate surface area is 174 Å². The number of nitrogens with one attached hydrogen (secondary N) is 2. The van der Waals surface area contributed by atoms with Crippen molar-refractivity contribution >= 4 is 45.9 Å². The number of hydrogen-bond acceptors (Lipinski definition) is 3. The summed E-state index contributed by atoms with van der Waals surface area (Å²) in [4.78, 5) is 4.62. The molecule has 25 heavy (non-hydrogen) atoms. The van der Waals surface area contributed by atoms with Gasteiger partial charge in [0, 0.05) is 17.4 Å². The van der Waals surface area contributed by atoms with Crippen LogP contribution in [0.2, 0.25) is 0 Å². The summed E-state index contributed by atoms with van der Waals surface area (Å²) in [5.41, 5.74) is 1.13. The molecule has 0 aliphatic rings. The molecule has 0 spiro atoms. The van der Waals surface area contributed by atoms with Crippen LogP contribution in [0.4, 0.5) is 0 Å². The van der Waals surface area contributed by atoms with Gasteiger partial charge in [-0.25, -0.2) is 4.99 Å². The van der Waals surface area contributed by atoms with Crippen molar-refractivity contribution in [1.29, 1.82) is 0 Å². The molecule has 1 atom stereocenters. The van der Waals surface area contributed by atoms with Crippen LogP contribution in [0, 0.1) is 0 Å². The fourth-order valence-corrected chi connectivity index (χ4v) is 2.41. The van der Waals surface area contributed by atoms with Crippen molar-refractivity contribution in [2.24, 2.45) is 4.99 Å². The lowest BCUT2D eigenvalue weighted by atomic mass is 10.2. The summed E-state index contributed by atoms with van der Waals surface area (Å²) < 4.78 is 6.39. The quantitative estimate of drug-likeness (QED) is 0.281. The minimum Gasteiger partial charge on any atom is -0.469 e. The van der Waals surface area contributed by atoms with E-state index in [2.05, 4.69) is 31.6 Å². The second-order valence-corrected chi connectivity index (χ2v) is 6.40. The van der Waals surface area contributed by atoms with Crippen LogP contribution in [0.25, 0.3) is 0 Å². The first-order valence-electron chi connectivity index (χ1n) is 8.13. The third-order valence-corrected chi connectivity index (χ3v) is 4.16. The van der Waals surface area contributed by atoms with Gasteiger partial charge in [-0.3, -0.25) is 0 Å². The highest BCUT2D eigenvalue weighted by molar-refractivity contribution is 14.0. The zero-order chi connectivity index (χ0) is 17.2. The number of rotatable bonds is 8. The normalized spacial score (nSPS) is 12.4. The third-order valence-electron chi connectivity index (χ3n) is 3.63. The Kier molecular flexibility index (Phi) is 10.8. The zero-order valence-corrected chi connectivity index (χ0v) is 18.2. The average Bonchev–Trinajstić information content (AvgIpc) is 3.11. The number of guanidine groups is 1. The Bertz CT molecular complexity index is 614. The molecule has 0 saturated heterocycles. The zero-order valence-electron chi connectivity index (χ0n) is 14.2. The summed E-state index contributed by atoms with van der Waals surface area (Å²) >= 11 is 3.43. The first-order chi connectivity index (χ1) is 11.7. The van der Waals surface area contributed by atoms with Crippen LogP contribution in [-0.2, 0) is 13.0 Å². The van der Waals surface area contributed by atoms with Crippen LogP contribution in [-0.4, -0.2) is 30.3 Å². The van der Waals surface area contributed by atoms with E-state index in [1.165, 1.54) is 0 Å². The maximum atomic E-state index is 9.40. The van der Waals surface area contributed by atoms with Crippen LogP contribution < -0.4 is 10.6 Å². The average molecular weight is 522 g/mol. The van der Waals surface area contributed by atoms with Gasteiger partial charge < -0.3 is 20.2 Å². The van der Waals surface area contributed by atoms with E-state index in [1.54, 1.807) is 6.26 Å². The van der Waals surface area contributed by atoms with Crippen LogP contribution >= 0.6 is 39.9 Å². The number of hydrogen-bond donors (Lipinski definition) is 3. The van der Waals surface area contributed by atoms with Gasteiger partial charge in [-0.2, -0.15) is 0 Å². The summed E-state index contributed by atoms with van der Waals surface area (Å²) in [6.07, 6.45) is 3.28. The van der Waals surface area contributed by atoms with Gasteiger partial charge in [0.1, 0.15) is 5.76 Å². The Morgan fingerprint density at radius 3 is 2.64 bits per heavy atom. The van der Waals surface area contributed by atoms with E-state index in [0.717, 1.165) is 28.6 Å². The molecule has 1 aromatic carbocycles. The topological polar surface area (TPSA) is 69.8 Å². The van der Waals surface area contributed by atoms with Crippen molar-refractivity contribution in [3.05, 3.63) is 58.5 Å². The molecule has 2 rings (SSSR count). The summed E-state index contributed by atoms with van der Waals surface area (Å²) in [6.45, 7) is 3.39. The Morgan fingerprint density at radius 2 is 2.04 bits per heavy atom. The van der Waals surface area contributed by atoms with Crippen molar-refractivity contribution in [3.63, 3.8) is 0 Å². The predicted molar refractivity (Wildman–Crippen MR) is 115 cm³/mol. The van der Waals surface area contributed by atoms with E-state index in [4.69, 9.17) is 4.42 Å². The highest BCUT2D eigenvalue weighted by Crippen LogP contribution is 2.11. The largest absolute Gasteiger partial charge is 0.469 e. The monoisotopic (exact) mass is 521 g/mol. The van der Waals surface area contributed by atoms with Gasteiger partial charge >= 0.3 is 0 Å².